The van der Waals surface area contributed by atoms with Gasteiger partial charge in [0, 0.05) is 11.3 Å². The number of nitrogens with two attached hydrogens (primary N) is 1. The van der Waals surface area contributed by atoms with E-state index < -0.39 is 5.97 Å². The zero-order valence-corrected chi connectivity index (χ0v) is 16.9. The van der Waals surface area contributed by atoms with Gasteiger partial charge in [-0.1, -0.05) is 12.1 Å². The van der Waals surface area contributed by atoms with Gasteiger partial charge >= 0.3 is 5.97 Å². The van der Waals surface area contributed by atoms with Gasteiger partial charge in [-0.2, -0.15) is 0 Å². The Balaban J connectivity index is 2.72. The molecule has 152 valence electrons. The lowest BCUT2D eigenvalue weighted by molar-refractivity contribution is 0.0519. The average molecular weight is 455 g/mol. The lowest BCUT2D eigenvalue weighted by Gasteiger charge is -2.16. The number of aromatic amines is 1. The van der Waals surface area contributed by atoms with Crippen molar-refractivity contribution < 1.29 is 24.9 Å². The summed E-state index contributed by atoms with van der Waals surface area (Å²) >= 11 is 3.42. The molecular weight excluding hydrogens is 432 g/mol. The molecule has 10 heteroatoms. The maximum absolute atomic E-state index is 12.3. The highest BCUT2D eigenvalue weighted by Gasteiger charge is 2.25. The molecule has 2 rings (SSSR count). The molecule has 1 aromatic heterocycles. The standard InChI is InChI=1S/C18H23BrN4O5/c1-2-28-17(27)16-15(19)14(13(23-16)5-22-18(20)21)10-4-3-9(6-24)11(7-25)12(10)8-26/h3-4,23-26H,2,5-8H2,1H3,(H4,20,21,22). The molecule has 8 N–H and O–H groups in total. The summed E-state index contributed by atoms with van der Waals surface area (Å²) in [4.78, 5) is 15.3. The number of hydrogen-bond donors (Lipinski definition) is 7. The van der Waals surface area contributed by atoms with Gasteiger partial charge in [0.2, 0.25) is 0 Å². The highest BCUT2D eigenvalue weighted by atomic mass is 79.9. The summed E-state index contributed by atoms with van der Waals surface area (Å²) in [6, 6.07) is 3.34. The minimum absolute atomic E-state index is 0.115. The first-order valence-corrected chi connectivity index (χ1v) is 9.30. The van der Waals surface area contributed by atoms with Crippen molar-refractivity contribution in [1.29, 1.82) is 5.41 Å². The van der Waals surface area contributed by atoms with E-state index in [4.69, 9.17) is 15.9 Å². The molecule has 0 radical (unpaired) electrons. The molecule has 0 aliphatic heterocycles. The van der Waals surface area contributed by atoms with Crippen molar-refractivity contribution in [3.63, 3.8) is 0 Å². The van der Waals surface area contributed by atoms with Crippen LogP contribution >= 0.6 is 15.9 Å². The van der Waals surface area contributed by atoms with Crippen molar-refractivity contribution >= 4 is 27.9 Å². The van der Waals surface area contributed by atoms with Gasteiger partial charge in [-0.25, -0.2) is 4.79 Å². The number of rotatable bonds is 8. The number of guanidine groups is 1. The quantitative estimate of drug-likeness (QED) is 0.178. The molecule has 0 unspecified atom stereocenters. The van der Waals surface area contributed by atoms with Crippen molar-refractivity contribution in [2.45, 2.75) is 33.3 Å². The van der Waals surface area contributed by atoms with Crippen molar-refractivity contribution in [1.82, 2.24) is 10.3 Å². The van der Waals surface area contributed by atoms with E-state index in [2.05, 4.69) is 26.2 Å². The fourth-order valence-electron chi connectivity index (χ4n) is 2.97. The Morgan fingerprint density at radius 1 is 1.25 bits per heavy atom. The first-order chi connectivity index (χ1) is 13.4. The van der Waals surface area contributed by atoms with E-state index in [1.807, 2.05) is 0 Å². The molecule has 0 aliphatic carbocycles. The van der Waals surface area contributed by atoms with Gasteiger partial charge < -0.3 is 36.1 Å². The van der Waals surface area contributed by atoms with Gasteiger partial charge in [0.05, 0.1) is 37.4 Å². The lowest BCUT2D eigenvalue weighted by Crippen LogP contribution is -2.29. The molecule has 0 bridgehead atoms. The second-order valence-electron chi connectivity index (χ2n) is 5.86. The van der Waals surface area contributed by atoms with E-state index in [0.29, 0.717) is 38.0 Å². The third-order valence-electron chi connectivity index (χ3n) is 4.24. The zero-order valence-electron chi connectivity index (χ0n) is 15.3. The van der Waals surface area contributed by atoms with Gasteiger partial charge in [-0.05, 0) is 45.1 Å². The Kier molecular flexibility index (Phi) is 7.58. The van der Waals surface area contributed by atoms with Crippen LogP contribution in [0.15, 0.2) is 16.6 Å². The molecule has 1 heterocycles. The summed E-state index contributed by atoms with van der Waals surface area (Å²) in [5.41, 5.74) is 8.53. The number of carbonyl (C=O) groups is 1. The molecule has 0 spiro atoms. The van der Waals surface area contributed by atoms with E-state index in [1.54, 1.807) is 19.1 Å². The first-order valence-electron chi connectivity index (χ1n) is 8.51. The number of ether oxygens (including phenoxy) is 1. The van der Waals surface area contributed by atoms with E-state index >= 15 is 0 Å². The van der Waals surface area contributed by atoms with Crippen LogP contribution in [-0.4, -0.2) is 38.8 Å². The van der Waals surface area contributed by atoms with E-state index in [1.165, 1.54) is 0 Å². The second-order valence-corrected chi connectivity index (χ2v) is 6.65. The minimum atomic E-state index is -0.565. The van der Waals surface area contributed by atoms with Crippen LogP contribution in [0.25, 0.3) is 11.1 Å². The topological polar surface area (TPSA) is 165 Å². The monoisotopic (exact) mass is 454 g/mol. The van der Waals surface area contributed by atoms with Crippen LogP contribution in [0.2, 0.25) is 0 Å². The van der Waals surface area contributed by atoms with Crippen LogP contribution in [-0.2, 0) is 31.1 Å². The predicted octanol–water partition coefficient (Wildman–Crippen LogP) is 1.08. The summed E-state index contributed by atoms with van der Waals surface area (Å²) in [7, 11) is 0. The fourth-order valence-corrected chi connectivity index (χ4v) is 3.68. The molecule has 0 aliphatic rings. The van der Waals surface area contributed by atoms with E-state index in [9.17, 15) is 20.1 Å². The number of aliphatic hydroxyl groups is 3. The Bertz CT molecular complexity index is 881. The number of carbonyl (C=O) groups excluding carboxylic acids is 1. The zero-order chi connectivity index (χ0) is 20.8. The van der Waals surface area contributed by atoms with Gasteiger partial charge in [0.25, 0.3) is 0 Å². The third-order valence-corrected chi connectivity index (χ3v) is 5.03. The summed E-state index contributed by atoms with van der Waals surface area (Å²) in [5.74, 6) is -0.812. The predicted molar refractivity (Wildman–Crippen MR) is 106 cm³/mol. The molecular formula is C18H23BrN4O5. The number of halogens is 1. The number of aromatic nitrogens is 1. The molecule has 28 heavy (non-hydrogen) atoms. The second kappa shape index (κ2) is 9.69. The molecule has 0 saturated heterocycles. The van der Waals surface area contributed by atoms with Crippen LogP contribution in [0.5, 0.6) is 0 Å². The Labute approximate surface area is 170 Å². The molecule has 2 aromatic rings. The Morgan fingerprint density at radius 3 is 2.46 bits per heavy atom. The molecule has 9 nitrogen and oxygen atoms in total. The number of benzene rings is 1. The van der Waals surface area contributed by atoms with Crippen molar-refractivity contribution in [2.75, 3.05) is 6.61 Å². The van der Waals surface area contributed by atoms with E-state index in [-0.39, 0.29) is 44.6 Å². The van der Waals surface area contributed by atoms with Gasteiger partial charge in [-0.3, -0.25) is 5.41 Å². The summed E-state index contributed by atoms with van der Waals surface area (Å²) in [6.45, 7) is 0.966. The summed E-state index contributed by atoms with van der Waals surface area (Å²) < 4.78 is 5.48. The smallest absolute Gasteiger partial charge is 0.355 e. The number of aliphatic hydroxyl groups excluding tert-OH is 3. The number of nitrogens with one attached hydrogen (secondary N) is 3. The van der Waals surface area contributed by atoms with Gasteiger partial charge in [0.1, 0.15) is 5.69 Å². The molecule has 0 saturated carbocycles. The average Bonchev–Trinajstić information content (AvgIpc) is 3.01. The molecule has 0 atom stereocenters. The van der Waals surface area contributed by atoms with Crippen LogP contribution < -0.4 is 11.1 Å². The lowest BCUT2D eigenvalue weighted by atomic mass is 9.92. The van der Waals surface area contributed by atoms with Crippen LogP contribution in [0.4, 0.5) is 0 Å². The molecule has 0 fully saturated rings. The maximum atomic E-state index is 12.3. The van der Waals surface area contributed by atoms with E-state index in [0.717, 1.165) is 0 Å². The van der Waals surface area contributed by atoms with Crippen LogP contribution in [0.1, 0.15) is 39.8 Å². The van der Waals surface area contributed by atoms with Crippen molar-refractivity contribution in [2.24, 2.45) is 5.73 Å². The normalized spacial score (nSPS) is 10.8. The SMILES string of the molecule is CCOC(=O)c1[nH]c(CNC(=N)N)c(-c2ccc(CO)c(CO)c2CO)c1Br. The number of H-pyrrole nitrogens is 1. The fraction of sp³-hybridized carbons (Fsp3) is 0.333. The third kappa shape index (κ3) is 4.36. The van der Waals surface area contributed by atoms with Crippen LogP contribution in [0, 0.1) is 5.41 Å². The minimum Gasteiger partial charge on any atom is -0.461 e. The Morgan fingerprint density at radius 2 is 1.93 bits per heavy atom. The Hall–Kier alpha value is -2.40. The highest BCUT2D eigenvalue weighted by molar-refractivity contribution is 9.10. The van der Waals surface area contributed by atoms with Crippen molar-refractivity contribution in [3.8, 4) is 11.1 Å². The van der Waals surface area contributed by atoms with Crippen molar-refractivity contribution in [3.05, 3.63) is 44.7 Å². The van der Waals surface area contributed by atoms with Gasteiger partial charge in [0.15, 0.2) is 5.96 Å². The molecule has 1 aromatic carbocycles. The van der Waals surface area contributed by atoms with Crippen LogP contribution in [0.3, 0.4) is 0 Å². The summed E-state index contributed by atoms with van der Waals surface area (Å²) in [5, 5.41) is 39.2. The summed E-state index contributed by atoms with van der Waals surface area (Å²) in [6.07, 6.45) is 0. The number of esters is 1. The first kappa shape index (κ1) is 21.9. The van der Waals surface area contributed by atoms with Gasteiger partial charge in [-0.15, -0.1) is 0 Å². The number of hydrogen-bond acceptors (Lipinski definition) is 6. The maximum Gasteiger partial charge on any atom is 0.355 e. The molecule has 0 amide bonds. The highest BCUT2D eigenvalue weighted by Crippen LogP contribution is 2.39. The largest absolute Gasteiger partial charge is 0.461 e.